The van der Waals surface area contributed by atoms with Crippen molar-refractivity contribution < 1.29 is 9.59 Å². The molecule has 0 radical (unpaired) electrons. The highest BCUT2D eigenvalue weighted by atomic mass is 32.1. The first-order valence-electron chi connectivity index (χ1n) is 8.27. The van der Waals surface area contributed by atoms with Crippen LogP contribution in [0.5, 0.6) is 0 Å². The topological polar surface area (TPSA) is 84.8 Å². The molecule has 0 saturated heterocycles. The largest absolute Gasteiger partial charge is 0.302 e. The number of amides is 1. The van der Waals surface area contributed by atoms with Gasteiger partial charge in [0.05, 0.1) is 16.3 Å². The van der Waals surface area contributed by atoms with Crippen LogP contribution in [0.2, 0.25) is 0 Å². The van der Waals surface area contributed by atoms with Crippen molar-refractivity contribution in [3.63, 3.8) is 0 Å². The minimum Gasteiger partial charge on any atom is -0.302 e. The van der Waals surface area contributed by atoms with Crippen LogP contribution in [0, 0.1) is 6.92 Å². The van der Waals surface area contributed by atoms with Crippen molar-refractivity contribution in [3.8, 4) is 10.6 Å². The van der Waals surface area contributed by atoms with E-state index in [0.29, 0.717) is 24.4 Å². The number of hydrogen-bond donors (Lipinski definition) is 1. The van der Waals surface area contributed by atoms with Gasteiger partial charge < -0.3 is 10.1 Å². The lowest BCUT2D eigenvalue weighted by molar-refractivity contribution is -0.117. The fourth-order valence-corrected chi connectivity index (χ4v) is 3.17. The molecule has 0 saturated carbocycles. The maximum Gasteiger partial charge on any atom is 0.226 e. The summed E-state index contributed by atoms with van der Waals surface area (Å²) in [6, 6.07) is 1.86. The minimum absolute atomic E-state index is 0.0959. The number of nitrogens with zero attached hydrogens (tertiary/aromatic N) is 3. The third-order valence-corrected chi connectivity index (χ3v) is 4.63. The van der Waals surface area contributed by atoms with Crippen molar-refractivity contribution >= 4 is 28.2 Å². The maximum atomic E-state index is 12.0. The number of anilines is 1. The maximum absolute atomic E-state index is 12.0. The van der Waals surface area contributed by atoms with Gasteiger partial charge in [-0.1, -0.05) is 32.1 Å². The summed E-state index contributed by atoms with van der Waals surface area (Å²) in [5.41, 5.74) is 1.50. The first kappa shape index (κ1) is 19.2. The summed E-state index contributed by atoms with van der Waals surface area (Å²) < 4.78 is 0. The Balaban J connectivity index is 2.12. The van der Waals surface area contributed by atoms with E-state index in [-0.39, 0.29) is 17.1 Å². The average Bonchev–Trinajstić information content (AvgIpc) is 2.86. The Morgan fingerprint density at radius 3 is 2.56 bits per heavy atom. The van der Waals surface area contributed by atoms with E-state index in [2.05, 4.69) is 41.0 Å². The molecule has 25 heavy (non-hydrogen) atoms. The van der Waals surface area contributed by atoms with Gasteiger partial charge in [-0.2, -0.15) is 0 Å². The van der Waals surface area contributed by atoms with Gasteiger partial charge in [0.25, 0.3) is 0 Å². The van der Waals surface area contributed by atoms with Crippen molar-refractivity contribution in [1.29, 1.82) is 0 Å². The molecule has 2 aromatic rings. The van der Waals surface area contributed by atoms with E-state index in [0.717, 1.165) is 22.1 Å². The van der Waals surface area contributed by atoms with E-state index in [1.165, 1.54) is 18.3 Å². The smallest absolute Gasteiger partial charge is 0.226 e. The van der Waals surface area contributed by atoms with Crippen molar-refractivity contribution in [1.82, 2.24) is 15.0 Å². The summed E-state index contributed by atoms with van der Waals surface area (Å²) in [4.78, 5) is 37.2. The second-order valence-electron chi connectivity index (χ2n) is 7.05. The third kappa shape index (κ3) is 5.42. The summed E-state index contributed by atoms with van der Waals surface area (Å²) in [6.45, 7) is 9.63. The lowest BCUT2D eigenvalue weighted by Gasteiger charge is -2.16. The zero-order valence-electron chi connectivity index (χ0n) is 15.3. The number of aromatic nitrogens is 3. The van der Waals surface area contributed by atoms with Gasteiger partial charge in [0.2, 0.25) is 5.91 Å². The van der Waals surface area contributed by atoms with Gasteiger partial charge in [-0.05, 0) is 26.3 Å². The fourth-order valence-electron chi connectivity index (χ4n) is 2.21. The first-order chi connectivity index (χ1) is 11.7. The fraction of sp³-hybridized carbons (Fsp3) is 0.500. The van der Waals surface area contributed by atoms with E-state index in [1.54, 1.807) is 6.20 Å². The summed E-state index contributed by atoms with van der Waals surface area (Å²) in [5, 5.41) is 3.36. The van der Waals surface area contributed by atoms with Gasteiger partial charge in [0.1, 0.15) is 11.6 Å². The molecule has 0 unspecified atom stereocenters. The number of aryl methyl sites for hydroxylation is 1. The predicted octanol–water partition coefficient (Wildman–Crippen LogP) is 3.90. The zero-order chi connectivity index (χ0) is 18.6. The van der Waals surface area contributed by atoms with E-state index < -0.39 is 0 Å². The van der Waals surface area contributed by atoms with Gasteiger partial charge in [-0.15, -0.1) is 0 Å². The van der Waals surface area contributed by atoms with Gasteiger partial charge in [0.15, 0.2) is 5.13 Å². The number of nitrogens with one attached hydrogen (secondary N) is 1. The molecule has 1 N–H and O–H groups in total. The van der Waals surface area contributed by atoms with Crippen LogP contribution in [0.4, 0.5) is 5.13 Å². The van der Waals surface area contributed by atoms with Crippen LogP contribution in [0.15, 0.2) is 12.3 Å². The quantitative estimate of drug-likeness (QED) is 0.844. The summed E-state index contributed by atoms with van der Waals surface area (Å²) in [7, 11) is 0. The molecule has 7 heteroatoms. The van der Waals surface area contributed by atoms with Crippen LogP contribution in [0.1, 0.15) is 58.5 Å². The zero-order valence-corrected chi connectivity index (χ0v) is 16.2. The molecule has 0 aliphatic carbocycles. The van der Waals surface area contributed by atoms with Crippen molar-refractivity contribution in [3.05, 3.63) is 23.8 Å². The number of Topliss-reactive ketones (excluding diaryl/α,β-unsaturated/α-hetero) is 1. The molecular weight excluding hydrogens is 336 g/mol. The molecule has 0 aliphatic heterocycles. The van der Waals surface area contributed by atoms with E-state index in [4.69, 9.17) is 0 Å². The van der Waals surface area contributed by atoms with Crippen LogP contribution >= 0.6 is 11.3 Å². The number of rotatable bonds is 6. The molecule has 0 atom stereocenters. The van der Waals surface area contributed by atoms with Crippen LogP contribution in [-0.2, 0) is 15.0 Å². The Hall–Kier alpha value is -2.15. The second-order valence-corrected chi connectivity index (χ2v) is 8.05. The van der Waals surface area contributed by atoms with Gasteiger partial charge in [-0.25, -0.2) is 15.0 Å². The molecule has 1 amide bonds. The van der Waals surface area contributed by atoms with Crippen molar-refractivity contribution in [2.75, 3.05) is 5.32 Å². The molecule has 0 aliphatic rings. The lowest BCUT2D eigenvalue weighted by atomic mass is 9.95. The number of thiazole rings is 1. The van der Waals surface area contributed by atoms with Gasteiger partial charge in [0, 0.05) is 24.5 Å². The van der Waals surface area contributed by atoms with Gasteiger partial charge >= 0.3 is 0 Å². The summed E-state index contributed by atoms with van der Waals surface area (Å²) in [6.07, 6.45) is 3.04. The summed E-state index contributed by atoms with van der Waals surface area (Å²) in [5.74, 6) is 0.742. The molecule has 6 nitrogen and oxygen atoms in total. The van der Waals surface area contributed by atoms with E-state index in [1.807, 2.05) is 13.0 Å². The first-order valence-corrected chi connectivity index (χ1v) is 9.09. The average molecular weight is 360 g/mol. The van der Waals surface area contributed by atoms with Crippen molar-refractivity contribution in [2.24, 2.45) is 0 Å². The Morgan fingerprint density at radius 1 is 1.20 bits per heavy atom. The monoisotopic (exact) mass is 360 g/mol. The number of carbonyl (C=O) groups excluding carboxylic acids is 2. The molecule has 0 bridgehead atoms. The Labute approximate surface area is 152 Å². The molecule has 2 aromatic heterocycles. The molecule has 0 fully saturated rings. The highest BCUT2D eigenvalue weighted by Gasteiger charge is 2.19. The van der Waals surface area contributed by atoms with E-state index in [9.17, 15) is 9.59 Å². The third-order valence-electron chi connectivity index (χ3n) is 3.53. The van der Waals surface area contributed by atoms with Gasteiger partial charge in [-0.3, -0.25) is 4.79 Å². The van der Waals surface area contributed by atoms with Crippen LogP contribution in [-0.4, -0.2) is 26.6 Å². The Morgan fingerprint density at radius 2 is 1.92 bits per heavy atom. The molecule has 2 rings (SSSR count). The predicted molar refractivity (Wildman–Crippen MR) is 99.7 cm³/mol. The lowest BCUT2D eigenvalue weighted by Crippen LogP contribution is -2.15. The summed E-state index contributed by atoms with van der Waals surface area (Å²) >= 11 is 1.40. The van der Waals surface area contributed by atoms with E-state index >= 15 is 0 Å². The second kappa shape index (κ2) is 7.82. The normalized spacial score (nSPS) is 11.4. The highest BCUT2D eigenvalue weighted by Crippen LogP contribution is 2.32. The molecular formula is C18H24N4O2S. The minimum atomic E-state index is -0.137. The number of ketones is 1. The molecule has 0 spiro atoms. The number of hydrogen-bond acceptors (Lipinski definition) is 6. The highest BCUT2D eigenvalue weighted by molar-refractivity contribution is 7.19. The van der Waals surface area contributed by atoms with Crippen LogP contribution < -0.4 is 5.32 Å². The van der Waals surface area contributed by atoms with Crippen LogP contribution in [0.3, 0.4) is 0 Å². The Kier molecular flexibility index (Phi) is 6.00. The van der Waals surface area contributed by atoms with Crippen LogP contribution in [0.25, 0.3) is 10.6 Å². The standard InChI is InChI=1S/C18H24N4O2S/c1-11(23)7-6-8-14(24)22-17-20-12(2)15(25-17)13-9-10-19-16(21-13)18(3,4)5/h9-10H,6-8H2,1-5H3,(H,20,22,24). The molecule has 134 valence electrons. The SMILES string of the molecule is CC(=O)CCCC(=O)Nc1nc(C)c(-c2ccnc(C(C)(C)C)n2)s1. The molecule has 0 aromatic carbocycles. The Bertz CT molecular complexity index is 778. The molecule has 2 heterocycles. The van der Waals surface area contributed by atoms with Crippen molar-refractivity contribution in [2.45, 2.75) is 59.3 Å². The number of carbonyl (C=O) groups is 2.